The summed E-state index contributed by atoms with van der Waals surface area (Å²) in [5.41, 5.74) is 4.91. The zero-order valence-electron chi connectivity index (χ0n) is 16.8. The van der Waals surface area contributed by atoms with Gasteiger partial charge in [0.25, 0.3) is 0 Å². The Hall–Kier alpha value is -2.33. The summed E-state index contributed by atoms with van der Waals surface area (Å²) in [7, 11) is 0. The van der Waals surface area contributed by atoms with E-state index in [0.29, 0.717) is 12.4 Å². The minimum atomic E-state index is 0.203. The highest BCUT2D eigenvalue weighted by Crippen LogP contribution is 2.44. The largest absolute Gasteiger partial charge is 0.508 e. The van der Waals surface area contributed by atoms with E-state index in [1.807, 2.05) is 6.07 Å². The molecule has 1 saturated carbocycles. The highest BCUT2D eigenvalue weighted by atomic mass is 16.5. The van der Waals surface area contributed by atoms with Crippen molar-refractivity contribution in [3.8, 4) is 5.75 Å². The maximum absolute atomic E-state index is 11.0. The van der Waals surface area contributed by atoms with Crippen molar-refractivity contribution in [2.75, 3.05) is 18.0 Å². The van der Waals surface area contributed by atoms with Crippen LogP contribution in [-0.4, -0.2) is 30.6 Å². The minimum absolute atomic E-state index is 0.203. The van der Waals surface area contributed by atoms with Crippen LogP contribution in [-0.2, 0) is 16.1 Å². The first-order valence-electron chi connectivity index (χ1n) is 10.9. The lowest BCUT2D eigenvalue weighted by Gasteiger charge is -2.35. The Labute approximate surface area is 172 Å². The zero-order valence-corrected chi connectivity index (χ0v) is 16.8. The van der Waals surface area contributed by atoms with Crippen LogP contribution in [0.15, 0.2) is 42.5 Å². The molecule has 4 nitrogen and oxygen atoms in total. The summed E-state index contributed by atoms with van der Waals surface area (Å²) in [5, 5.41) is 9.90. The molecule has 1 saturated heterocycles. The number of carbonyl (C=O) groups excluding carboxylic acids is 1. The van der Waals surface area contributed by atoms with Crippen LogP contribution in [0.2, 0.25) is 0 Å². The molecular weight excluding hydrogens is 362 g/mol. The molecule has 1 aliphatic carbocycles. The molecule has 0 spiro atoms. The number of benzene rings is 2. The van der Waals surface area contributed by atoms with Crippen LogP contribution >= 0.6 is 0 Å². The molecule has 5 rings (SSSR count). The van der Waals surface area contributed by atoms with Crippen molar-refractivity contribution in [1.82, 2.24) is 0 Å². The first-order chi connectivity index (χ1) is 14.2. The summed E-state index contributed by atoms with van der Waals surface area (Å²) < 4.78 is 6.29. The van der Waals surface area contributed by atoms with Gasteiger partial charge in [-0.2, -0.15) is 0 Å². The Morgan fingerprint density at radius 1 is 1.03 bits per heavy atom. The molecule has 1 N–H and O–H groups in total. The predicted octanol–water partition coefficient (Wildman–Crippen LogP) is 4.64. The van der Waals surface area contributed by atoms with Crippen LogP contribution in [0.1, 0.15) is 54.7 Å². The van der Waals surface area contributed by atoms with Crippen molar-refractivity contribution >= 4 is 12.0 Å². The fourth-order valence-electron chi connectivity index (χ4n) is 4.98. The minimum Gasteiger partial charge on any atom is -0.508 e. The highest BCUT2D eigenvalue weighted by molar-refractivity contribution is 5.56. The molecule has 0 unspecified atom stereocenters. The number of phenols is 1. The van der Waals surface area contributed by atoms with Crippen LogP contribution < -0.4 is 4.90 Å². The third-order valence-electron chi connectivity index (χ3n) is 6.90. The quantitative estimate of drug-likeness (QED) is 0.755. The molecule has 29 heavy (non-hydrogen) atoms. The number of anilines is 1. The number of hydrogen-bond acceptors (Lipinski definition) is 4. The number of aldehydes is 1. The molecule has 152 valence electrons. The smallest absolute Gasteiger partial charge is 0.123 e. The van der Waals surface area contributed by atoms with Crippen molar-refractivity contribution < 1.29 is 14.6 Å². The van der Waals surface area contributed by atoms with Gasteiger partial charge < -0.3 is 19.5 Å². The summed E-state index contributed by atoms with van der Waals surface area (Å²) in [6.45, 7) is 2.48. The van der Waals surface area contributed by atoms with E-state index in [-0.39, 0.29) is 17.9 Å². The van der Waals surface area contributed by atoms with E-state index in [9.17, 15) is 9.90 Å². The average molecular weight is 392 g/mol. The molecule has 0 amide bonds. The molecule has 2 heterocycles. The lowest BCUT2D eigenvalue weighted by molar-refractivity contribution is -0.111. The van der Waals surface area contributed by atoms with Gasteiger partial charge in [-0.1, -0.05) is 31.0 Å². The molecule has 2 fully saturated rings. The number of nitrogens with zero attached hydrogens (tertiary/aromatic N) is 1. The van der Waals surface area contributed by atoms with E-state index in [2.05, 4.69) is 35.2 Å². The summed E-state index contributed by atoms with van der Waals surface area (Å²) in [6, 6.07) is 14.7. The highest BCUT2D eigenvalue weighted by Gasteiger charge is 2.36. The van der Waals surface area contributed by atoms with Gasteiger partial charge in [-0.25, -0.2) is 0 Å². The van der Waals surface area contributed by atoms with Gasteiger partial charge in [0.05, 0.1) is 12.7 Å². The fourth-order valence-corrected chi connectivity index (χ4v) is 4.98. The van der Waals surface area contributed by atoms with Gasteiger partial charge in [0.15, 0.2) is 0 Å². The molecule has 0 bridgehead atoms. The number of piperidine rings is 1. The summed E-state index contributed by atoms with van der Waals surface area (Å²) in [4.78, 5) is 13.4. The Balaban J connectivity index is 1.40. The molecule has 2 atom stereocenters. The van der Waals surface area contributed by atoms with E-state index in [0.717, 1.165) is 50.1 Å². The van der Waals surface area contributed by atoms with Gasteiger partial charge in [0.2, 0.25) is 0 Å². The maximum Gasteiger partial charge on any atom is 0.123 e. The van der Waals surface area contributed by atoms with Crippen LogP contribution in [0.25, 0.3) is 0 Å². The van der Waals surface area contributed by atoms with E-state index in [1.165, 1.54) is 29.7 Å². The number of hydrogen-bond donors (Lipinski definition) is 1. The average Bonchev–Trinajstić information content (AvgIpc) is 3.58. The van der Waals surface area contributed by atoms with Crippen LogP contribution in [0.5, 0.6) is 5.75 Å². The zero-order chi connectivity index (χ0) is 19.8. The van der Waals surface area contributed by atoms with E-state index < -0.39 is 0 Å². The second-order valence-electron chi connectivity index (χ2n) is 8.94. The van der Waals surface area contributed by atoms with Gasteiger partial charge in [-0.05, 0) is 66.1 Å². The third-order valence-corrected chi connectivity index (χ3v) is 6.90. The third kappa shape index (κ3) is 3.91. The molecule has 0 radical (unpaired) electrons. The number of fused-ring (bicyclic) bond motifs is 1. The number of phenolic OH excluding ortho intramolecular Hbond substituents is 1. The van der Waals surface area contributed by atoms with Crippen LogP contribution in [0, 0.1) is 11.8 Å². The summed E-state index contributed by atoms with van der Waals surface area (Å²) >= 11 is 0. The van der Waals surface area contributed by atoms with E-state index >= 15 is 0 Å². The standard InChI is InChI=1S/C25H29NO3/c27-15-18-9-11-26(12-10-18)21-5-3-19(4-6-21)25-23-8-7-22(28)14-20(23)16-29-24(25)13-17-1-2-17/h3-8,14-15,17-18,24-25,28H,1-2,9-13,16H2/t24-,25-/m1/s1. The Kier molecular flexibility index (Phi) is 5.04. The predicted molar refractivity (Wildman–Crippen MR) is 113 cm³/mol. The molecule has 4 heteroatoms. The molecule has 2 aliphatic heterocycles. The second kappa shape index (κ2) is 7.83. The molecular formula is C25H29NO3. The fraction of sp³-hybridized carbons (Fsp3) is 0.480. The number of ether oxygens (including phenoxy) is 1. The Bertz CT molecular complexity index is 866. The summed E-state index contributed by atoms with van der Waals surface area (Å²) in [6.07, 6.45) is 6.97. The van der Waals surface area contributed by atoms with E-state index in [4.69, 9.17) is 4.74 Å². The van der Waals surface area contributed by atoms with Gasteiger partial charge in [-0.3, -0.25) is 0 Å². The second-order valence-corrected chi connectivity index (χ2v) is 8.94. The number of carbonyl (C=O) groups is 1. The lowest BCUT2D eigenvalue weighted by Crippen LogP contribution is -2.34. The van der Waals surface area contributed by atoms with Crippen molar-refractivity contribution in [2.45, 2.75) is 50.7 Å². The van der Waals surface area contributed by atoms with Crippen molar-refractivity contribution in [1.29, 1.82) is 0 Å². The first-order valence-corrected chi connectivity index (χ1v) is 10.9. The molecule has 0 aromatic heterocycles. The summed E-state index contributed by atoms with van der Waals surface area (Å²) in [5.74, 6) is 1.55. The Morgan fingerprint density at radius 2 is 1.79 bits per heavy atom. The van der Waals surface area contributed by atoms with Crippen molar-refractivity contribution in [3.05, 3.63) is 59.2 Å². The first kappa shape index (κ1) is 18.7. The topological polar surface area (TPSA) is 49.8 Å². The van der Waals surface area contributed by atoms with Gasteiger partial charge in [0.1, 0.15) is 12.0 Å². The normalized spacial score (nSPS) is 24.9. The van der Waals surface area contributed by atoms with Gasteiger partial charge >= 0.3 is 0 Å². The molecule has 2 aromatic carbocycles. The van der Waals surface area contributed by atoms with Gasteiger partial charge in [-0.15, -0.1) is 0 Å². The number of rotatable bonds is 5. The number of aromatic hydroxyl groups is 1. The van der Waals surface area contributed by atoms with Gasteiger partial charge in [0, 0.05) is 30.6 Å². The molecule has 3 aliphatic rings. The Morgan fingerprint density at radius 3 is 2.48 bits per heavy atom. The van der Waals surface area contributed by atoms with Crippen LogP contribution in [0.3, 0.4) is 0 Å². The lowest BCUT2D eigenvalue weighted by atomic mass is 9.80. The maximum atomic E-state index is 11.0. The van der Waals surface area contributed by atoms with Crippen LogP contribution in [0.4, 0.5) is 5.69 Å². The molecule has 2 aromatic rings. The van der Waals surface area contributed by atoms with E-state index in [1.54, 1.807) is 6.07 Å². The van der Waals surface area contributed by atoms with Crippen molar-refractivity contribution in [2.24, 2.45) is 11.8 Å². The monoisotopic (exact) mass is 391 g/mol. The van der Waals surface area contributed by atoms with Crippen molar-refractivity contribution in [3.63, 3.8) is 0 Å². The SMILES string of the molecule is O=CC1CCN(c2ccc([C@@H]3c4ccc(O)cc4CO[C@@H]3CC3CC3)cc2)CC1.